The molecule has 0 atom stereocenters. The zero-order valence-electron chi connectivity index (χ0n) is 13.3. The van der Waals surface area contributed by atoms with E-state index >= 15 is 0 Å². The number of anilines is 1. The molecule has 0 spiro atoms. The molecule has 0 saturated carbocycles. The Kier molecular flexibility index (Phi) is 4.63. The van der Waals surface area contributed by atoms with Crippen LogP contribution in [-0.2, 0) is 6.54 Å². The molecule has 0 fully saturated rings. The second-order valence-electron chi connectivity index (χ2n) is 5.73. The fourth-order valence-electron chi connectivity index (χ4n) is 2.46. The first-order valence-corrected chi connectivity index (χ1v) is 8.53. The second-order valence-corrected chi connectivity index (χ2v) is 6.71. The van der Waals surface area contributed by atoms with E-state index < -0.39 is 0 Å². The minimum atomic E-state index is 0.0554. The normalized spacial score (nSPS) is 10.9. The number of nitrogens with one attached hydrogen (secondary N) is 1. The van der Waals surface area contributed by atoms with Crippen LogP contribution in [-0.4, -0.2) is 3.96 Å². The van der Waals surface area contributed by atoms with E-state index in [4.69, 9.17) is 0 Å². The predicted octanol–water partition coefficient (Wildman–Crippen LogP) is 4.77. The van der Waals surface area contributed by atoms with Crippen LogP contribution in [0.2, 0.25) is 0 Å². The third-order valence-electron chi connectivity index (χ3n) is 3.65. The van der Waals surface area contributed by atoms with Gasteiger partial charge in [-0.25, -0.2) is 0 Å². The van der Waals surface area contributed by atoms with Crippen LogP contribution >= 0.6 is 11.5 Å². The number of hydrogen-bond acceptors (Lipinski definition) is 3. The second kappa shape index (κ2) is 6.84. The van der Waals surface area contributed by atoms with Crippen molar-refractivity contribution < 1.29 is 0 Å². The van der Waals surface area contributed by atoms with E-state index in [9.17, 15) is 4.79 Å². The summed E-state index contributed by atoms with van der Waals surface area (Å²) in [7, 11) is 0. The summed E-state index contributed by atoms with van der Waals surface area (Å²) in [5, 5.41) is 3.35. The Labute approximate surface area is 140 Å². The molecule has 3 aromatic rings. The van der Waals surface area contributed by atoms with Gasteiger partial charge in [0, 0.05) is 12.6 Å². The van der Waals surface area contributed by atoms with Crippen molar-refractivity contribution >= 4 is 17.2 Å². The first kappa shape index (κ1) is 15.6. The first-order valence-electron chi connectivity index (χ1n) is 7.76. The highest BCUT2D eigenvalue weighted by Crippen LogP contribution is 2.32. The third-order valence-corrected chi connectivity index (χ3v) is 5.05. The summed E-state index contributed by atoms with van der Waals surface area (Å²) in [6.07, 6.45) is 0. The van der Waals surface area contributed by atoms with Crippen LogP contribution in [0.25, 0.3) is 10.4 Å². The summed E-state index contributed by atoms with van der Waals surface area (Å²) >= 11 is 1.52. The molecule has 1 heterocycles. The molecule has 3 nitrogen and oxygen atoms in total. The van der Waals surface area contributed by atoms with Gasteiger partial charge in [0.25, 0.3) is 5.56 Å². The van der Waals surface area contributed by atoms with Crippen molar-refractivity contribution in [3.8, 4) is 10.4 Å². The molecule has 118 valence electrons. The van der Waals surface area contributed by atoms with Crippen LogP contribution in [0, 0.1) is 0 Å². The van der Waals surface area contributed by atoms with E-state index in [1.54, 1.807) is 0 Å². The maximum atomic E-state index is 12.7. The molecule has 4 heteroatoms. The van der Waals surface area contributed by atoms with Gasteiger partial charge in [0.2, 0.25) is 0 Å². The lowest BCUT2D eigenvalue weighted by atomic mass is 10.1. The van der Waals surface area contributed by atoms with Gasteiger partial charge >= 0.3 is 0 Å². The van der Waals surface area contributed by atoms with Gasteiger partial charge in [0.1, 0.15) is 5.69 Å². The summed E-state index contributed by atoms with van der Waals surface area (Å²) in [5.41, 5.74) is 2.98. The maximum Gasteiger partial charge on any atom is 0.284 e. The smallest absolute Gasteiger partial charge is 0.284 e. The van der Waals surface area contributed by atoms with Crippen LogP contribution in [0.3, 0.4) is 0 Å². The molecule has 23 heavy (non-hydrogen) atoms. The highest BCUT2D eigenvalue weighted by Gasteiger charge is 2.17. The van der Waals surface area contributed by atoms with Gasteiger partial charge in [-0.2, -0.15) is 0 Å². The van der Waals surface area contributed by atoms with Crippen molar-refractivity contribution in [2.24, 2.45) is 0 Å². The van der Waals surface area contributed by atoms with Crippen molar-refractivity contribution in [3.05, 3.63) is 76.6 Å². The zero-order chi connectivity index (χ0) is 16.2. The number of rotatable bonds is 5. The summed E-state index contributed by atoms with van der Waals surface area (Å²) in [5.74, 6) is 0. The topological polar surface area (TPSA) is 34.0 Å². The summed E-state index contributed by atoms with van der Waals surface area (Å²) in [6.45, 7) is 4.71. The quantitative estimate of drug-likeness (QED) is 0.733. The molecule has 1 aromatic heterocycles. The average molecular weight is 324 g/mol. The minimum absolute atomic E-state index is 0.0554. The SMILES string of the molecule is CC(C)n1sc(-c2ccccc2)c(NCc2ccccc2)c1=O. The Morgan fingerprint density at radius 3 is 2.22 bits per heavy atom. The van der Waals surface area contributed by atoms with Crippen LogP contribution < -0.4 is 10.9 Å². The Morgan fingerprint density at radius 2 is 1.61 bits per heavy atom. The lowest BCUT2D eigenvalue weighted by Crippen LogP contribution is -2.18. The van der Waals surface area contributed by atoms with Crippen LogP contribution in [0.15, 0.2) is 65.5 Å². The van der Waals surface area contributed by atoms with Gasteiger partial charge < -0.3 is 5.32 Å². The molecule has 0 aliphatic rings. The molecular formula is C19H20N2OS. The summed E-state index contributed by atoms with van der Waals surface area (Å²) < 4.78 is 1.83. The fourth-order valence-corrected chi connectivity index (χ4v) is 3.54. The Hall–Kier alpha value is -2.33. The van der Waals surface area contributed by atoms with Crippen molar-refractivity contribution in [2.75, 3.05) is 5.32 Å². The lowest BCUT2D eigenvalue weighted by Gasteiger charge is -2.06. The largest absolute Gasteiger partial charge is 0.375 e. The van der Waals surface area contributed by atoms with E-state index in [-0.39, 0.29) is 11.6 Å². The minimum Gasteiger partial charge on any atom is -0.375 e. The molecule has 0 unspecified atom stereocenters. The Morgan fingerprint density at radius 1 is 1.00 bits per heavy atom. The third kappa shape index (κ3) is 3.37. The lowest BCUT2D eigenvalue weighted by molar-refractivity contribution is 0.634. The summed E-state index contributed by atoms with van der Waals surface area (Å²) in [6, 6.07) is 20.4. The molecular weight excluding hydrogens is 304 g/mol. The molecule has 0 aliphatic carbocycles. The van der Waals surface area contributed by atoms with E-state index in [1.165, 1.54) is 11.5 Å². The molecule has 0 aliphatic heterocycles. The Balaban J connectivity index is 1.99. The van der Waals surface area contributed by atoms with Crippen molar-refractivity contribution in [1.29, 1.82) is 0 Å². The van der Waals surface area contributed by atoms with Gasteiger partial charge in [-0.1, -0.05) is 72.2 Å². The van der Waals surface area contributed by atoms with E-state index in [1.807, 2.05) is 66.3 Å². The summed E-state index contributed by atoms with van der Waals surface area (Å²) in [4.78, 5) is 13.7. The number of aromatic nitrogens is 1. The molecule has 0 amide bonds. The van der Waals surface area contributed by atoms with Crippen molar-refractivity contribution in [1.82, 2.24) is 3.96 Å². The van der Waals surface area contributed by atoms with Gasteiger partial charge in [-0.3, -0.25) is 8.75 Å². The molecule has 1 N–H and O–H groups in total. The monoisotopic (exact) mass is 324 g/mol. The average Bonchev–Trinajstić information content (AvgIpc) is 2.91. The van der Waals surface area contributed by atoms with Gasteiger partial charge in [0.05, 0.1) is 4.88 Å². The maximum absolute atomic E-state index is 12.7. The van der Waals surface area contributed by atoms with Crippen LogP contribution in [0.4, 0.5) is 5.69 Å². The van der Waals surface area contributed by atoms with E-state index in [0.717, 1.165) is 16.0 Å². The molecule has 0 radical (unpaired) electrons. The zero-order valence-corrected chi connectivity index (χ0v) is 14.1. The molecule has 0 saturated heterocycles. The van der Waals surface area contributed by atoms with E-state index in [2.05, 4.69) is 17.4 Å². The van der Waals surface area contributed by atoms with Gasteiger partial charge in [-0.15, -0.1) is 0 Å². The first-order chi connectivity index (χ1) is 11.2. The highest BCUT2D eigenvalue weighted by molar-refractivity contribution is 7.11. The number of hydrogen-bond donors (Lipinski definition) is 1. The van der Waals surface area contributed by atoms with Gasteiger partial charge in [-0.05, 0) is 25.0 Å². The number of benzene rings is 2. The predicted molar refractivity (Wildman–Crippen MR) is 98.2 cm³/mol. The van der Waals surface area contributed by atoms with Crippen LogP contribution in [0.5, 0.6) is 0 Å². The van der Waals surface area contributed by atoms with Crippen molar-refractivity contribution in [3.63, 3.8) is 0 Å². The highest BCUT2D eigenvalue weighted by atomic mass is 32.1. The van der Waals surface area contributed by atoms with Crippen LogP contribution in [0.1, 0.15) is 25.5 Å². The molecule has 3 rings (SSSR count). The Bertz CT molecular complexity index is 820. The van der Waals surface area contributed by atoms with E-state index in [0.29, 0.717) is 12.2 Å². The standard InChI is InChI=1S/C19H20N2OS/c1-14(2)21-19(22)17(20-13-15-9-5-3-6-10-15)18(23-21)16-11-7-4-8-12-16/h3-12,14,20H,13H2,1-2H3. The van der Waals surface area contributed by atoms with Crippen molar-refractivity contribution in [2.45, 2.75) is 26.4 Å². The molecule has 2 aromatic carbocycles. The fraction of sp³-hybridized carbons (Fsp3) is 0.211. The number of nitrogens with zero attached hydrogens (tertiary/aromatic N) is 1. The van der Waals surface area contributed by atoms with Gasteiger partial charge in [0.15, 0.2) is 0 Å². The molecule has 0 bridgehead atoms.